The summed E-state index contributed by atoms with van der Waals surface area (Å²) in [5.41, 5.74) is 0.408. The second kappa shape index (κ2) is 7.40. The summed E-state index contributed by atoms with van der Waals surface area (Å²) >= 11 is 7.53. The van der Waals surface area contributed by atoms with Crippen LogP contribution in [0.2, 0.25) is 5.02 Å². The molecule has 1 unspecified atom stereocenters. The van der Waals surface area contributed by atoms with Gasteiger partial charge in [0.15, 0.2) is 0 Å². The third-order valence-corrected chi connectivity index (χ3v) is 3.55. The molecule has 4 nitrogen and oxygen atoms in total. The van der Waals surface area contributed by atoms with Gasteiger partial charge in [0.25, 0.3) is 5.91 Å². The maximum atomic E-state index is 12.1. The zero-order chi connectivity index (χ0) is 14.4. The van der Waals surface area contributed by atoms with Crippen molar-refractivity contribution in [2.45, 2.75) is 24.3 Å². The lowest BCUT2D eigenvalue weighted by Crippen LogP contribution is -2.34. The minimum Gasteiger partial charge on any atom is -0.469 e. The number of hydrogen-bond donors (Lipinski definition) is 1. The van der Waals surface area contributed by atoms with Crippen molar-refractivity contribution in [1.29, 1.82) is 0 Å². The average molecular weight is 302 g/mol. The molecule has 0 saturated heterocycles. The summed E-state index contributed by atoms with van der Waals surface area (Å²) in [5.74, 6) is -0.658. The molecule has 0 aromatic heterocycles. The number of methoxy groups -OCH3 is 1. The van der Waals surface area contributed by atoms with Crippen LogP contribution in [0.1, 0.15) is 23.7 Å². The van der Waals surface area contributed by atoms with E-state index in [9.17, 15) is 9.59 Å². The summed E-state index contributed by atoms with van der Waals surface area (Å²) in [6.45, 7) is 1.74. The fraction of sp³-hybridized carbons (Fsp3) is 0.385. The number of amides is 1. The lowest BCUT2D eigenvalue weighted by molar-refractivity contribution is -0.141. The highest BCUT2D eigenvalue weighted by Crippen LogP contribution is 2.23. The van der Waals surface area contributed by atoms with Crippen LogP contribution in [-0.2, 0) is 9.53 Å². The molecule has 1 aromatic rings. The van der Waals surface area contributed by atoms with Gasteiger partial charge in [-0.1, -0.05) is 11.6 Å². The maximum Gasteiger partial charge on any atom is 0.307 e. The molecule has 1 aromatic carbocycles. The molecule has 0 bridgehead atoms. The summed E-state index contributed by atoms with van der Waals surface area (Å²) in [6, 6.07) is 4.95. The molecule has 1 atom stereocenters. The first-order chi connectivity index (χ1) is 8.97. The van der Waals surface area contributed by atoms with Gasteiger partial charge in [-0.3, -0.25) is 9.59 Å². The topological polar surface area (TPSA) is 55.4 Å². The van der Waals surface area contributed by atoms with Crippen molar-refractivity contribution in [1.82, 2.24) is 5.32 Å². The molecular formula is C13H16ClNO3S. The van der Waals surface area contributed by atoms with Gasteiger partial charge < -0.3 is 10.1 Å². The summed E-state index contributed by atoms with van der Waals surface area (Å²) in [7, 11) is 1.32. The van der Waals surface area contributed by atoms with Crippen LogP contribution in [0.3, 0.4) is 0 Å². The first-order valence-electron chi connectivity index (χ1n) is 5.69. The van der Waals surface area contributed by atoms with Crippen LogP contribution in [0.5, 0.6) is 0 Å². The Morgan fingerprint density at radius 3 is 2.74 bits per heavy atom. The average Bonchev–Trinajstić information content (AvgIpc) is 2.38. The molecule has 0 heterocycles. The summed E-state index contributed by atoms with van der Waals surface area (Å²) in [6.07, 6.45) is 2.05. The molecule has 0 spiro atoms. The Hall–Kier alpha value is -1.20. The van der Waals surface area contributed by atoms with Crippen molar-refractivity contribution in [2.75, 3.05) is 13.4 Å². The Kier molecular flexibility index (Phi) is 6.18. The Morgan fingerprint density at radius 1 is 1.47 bits per heavy atom. The molecule has 1 N–H and O–H groups in total. The van der Waals surface area contributed by atoms with E-state index in [0.29, 0.717) is 10.6 Å². The predicted octanol–water partition coefficient (Wildman–Crippen LogP) is 2.74. The van der Waals surface area contributed by atoms with Crippen LogP contribution in [0.4, 0.5) is 0 Å². The number of thioether (sulfide) groups is 1. The number of halogens is 1. The van der Waals surface area contributed by atoms with Gasteiger partial charge in [-0.2, -0.15) is 0 Å². The van der Waals surface area contributed by atoms with Crippen LogP contribution >= 0.6 is 23.4 Å². The molecule has 1 amide bonds. The smallest absolute Gasteiger partial charge is 0.307 e. The number of carbonyl (C=O) groups excluding carboxylic acids is 2. The minimum absolute atomic E-state index is 0.127. The van der Waals surface area contributed by atoms with Crippen molar-refractivity contribution in [2.24, 2.45) is 0 Å². The molecule has 0 aliphatic carbocycles. The fourth-order valence-electron chi connectivity index (χ4n) is 1.49. The van der Waals surface area contributed by atoms with E-state index in [4.69, 9.17) is 11.6 Å². The van der Waals surface area contributed by atoms with Crippen molar-refractivity contribution in [3.05, 3.63) is 28.8 Å². The first kappa shape index (κ1) is 15.9. The SMILES string of the molecule is COC(=O)CC(C)NC(=O)c1cc(SC)ccc1Cl. The van der Waals surface area contributed by atoms with Crippen molar-refractivity contribution in [3.63, 3.8) is 0 Å². The summed E-state index contributed by atoms with van der Waals surface area (Å²) < 4.78 is 4.55. The van der Waals surface area contributed by atoms with E-state index in [-0.39, 0.29) is 24.3 Å². The van der Waals surface area contributed by atoms with Crippen LogP contribution in [0.25, 0.3) is 0 Å². The highest BCUT2D eigenvalue weighted by Gasteiger charge is 2.16. The molecule has 6 heteroatoms. The Morgan fingerprint density at radius 2 is 2.16 bits per heavy atom. The highest BCUT2D eigenvalue weighted by molar-refractivity contribution is 7.98. The molecule has 1 rings (SSSR count). The second-order valence-electron chi connectivity index (χ2n) is 4.00. The molecular weight excluding hydrogens is 286 g/mol. The van der Waals surface area contributed by atoms with Crippen LogP contribution in [0.15, 0.2) is 23.1 Å². The zero-order valence-corrected chi connectivity index (χ0v) is 12.6. The molecule has 0 aliphatic rings. The minimum atomic E-state index is -0.364. The molecule has 0 fully saturated rings. The van der Waals surface area contributed by atoms with E-state index >= 15 is 0 Å². The Bertz CT molecular complexity index is 479. The molecule has 104 valence electrons. The summed E-state index contributed by atoms with van der Waals surface area (Å²) in [4.78, 5) is 24.1. The third-order valence-electron chi connectivity index (χ3n) is 2.50. The van der Waals surface area contributed by atoms with E-state index < -0.39 is 0 Å². The van der Waals surface area contributed by atoms with Gasteiger partial charge in [0.2, 0.25) is 0 Å². The monoisotopic (exact) mass is 301 g/mol. The highest BCUT2D eigenvalue weighted by atomic mass is 35.5. The Labute approximate surface area is 121 Å². The van der Waals surface area contributed by atoms with Gasteiger partial charge in [-0.15, -0.1) is 11.8 Å². The normalized spacial score (nSPS) is 11.8. The largest absolute Gasteiger partial charge is 0.469 e. The van der Waals surface area contributed by atoms with Gasteiger partial charge >= 0.3 is 5.97 Å². The van der Waals surface area contributed by atoms with Crippen molar-refractivity contribution >= 4 is 35.2 Å². The van der Waals surface area contributed by atoms with Gasteiger partial charge in [0.1, 0.15) is 0 Å². The van der Waals surface area contributed by atoms with Gasteiger partial charge in [0.05, 0.1) is 24.1 Å². The maximum absolute atomic E-state index is 12.1. The van der Waals surface area contributed by atoms with Crippen LogP contribution < -0.4 is 5.32 Å². The lowest BCUT2D eigenvalue weighted by Gasteiger charge is -2.13. The van der Waals surface area contributed by atoms with E-state index in [1.165, 1.54) is 18.9 Å². The van der Waals surface area contributed by atoms with Crippen LogP contribution in [0, 0.1) is 0 Å². The number of esters is 1. The zero-order valence-electron chi connectivity index (χ0n) is 11.0. The number of hydrogen-bond acceptors (Lipinski definition) is 4. The number of nitrogens with one attached hydrogen (secondary N) is 1. The van der Waals surface area contributed by atoms with E-state index in [2.05, 4.69) is 10.1 Å². The fourth-order valence-corrected chi connectivity index (χ4v) is 2.13. The molecule has 19 heavy (non-hydrogen) atoms. The molecule has 0 radical (unpaired) electrons. The molecule has 0 aliphatic heterocycles. The second-order valence-corrected chi connectivity index (χ2v) is 5.29. The van der Waals surface area contributed by atoms with Crippen LogP contribution in [-0.4, -0.2) is 31.3 Å². The van der Waals surface area contributed by atoms with Gasteiger partial charge in [-0.25, -0.2) is 0 Å². The van der Waals surface area contributed by atoms with Gasteiger partial charge in [-0.05, 0) is 31.4 Å². The van der Waals surface area contributed by atoms with Crippen molar-refractivity contribution < 1.29 is 14.3 Å². The predicted molar refractivity (Wildman–Crippen MR) is 76.8 cm³/mol. The first-order valence-corrected chi connectivity index (χ1v) is 7.29. The van der Waals surface area contributed by atoms with E-state index in [1.54, 1.807) is 19.1 Å². The van der Waals surface area contributed by atoms with E-state index in [0.717, 1.165) is 4.90 Å². The van der Waals surface area contributed by atoms with Gasteiger partial charge in [0, 0.05) is 10.9 Å². The van der Waals surface area contributed by atoms with Crippen molar-refractivity contribution in [3.8, 4) is 0 Å². The standard InChI is InChI=1S/C13H16ClNO3S/c1-8(6-12(16)18-2)15-13(17)10-7-9(19-3)4-5-11(10)14/h4-5,7-8H,6H2,1-3H3,(H,15,17). The summed E-state index contributed by atoms with van der Waals surface area (Å²) in [5, 5.41) is 3.11. The van der Waals surface area contributed by atoms with E-state index in [1.807, 2.05) is 12.3 Å². The lowest BCUT2D eigenvalue weighted by atomic mass is 10.1. The Balaban J connectivity index is 2.75. The molecule has 0 saturated carbocycles. The number of ether oxygens (including phenoxy) is 1. The quantitative estimate of drug-likeness (QED) is 0.671. The number of benzene rings is 1. The number of rotatable bonds is 5. The third kappa shape index (κ3) is 4.76. The number of carbonyl (C=O) groups is 2.